The van der Waals surface area contributed by atoms with Crippen LogP contribution in [0.25, 0.3) is 34.9 Å². The number of nitrogens with zero attached hydrogens (tertiary/aromatic N) is 2. The maximum atomic E-state index is 15.7. The molecule has 0 aliphatic heterocycles. The quantitative estimate of drug-likeness (QED) is 0.108. The van der Waals surface area contributed by atoms with Crippen molar-refractivity contribution in [1.82, 2.24) is 20.6 Å². The predicted octanol–water partition coefficient (Wildman–Crippen LogP) is 4.96. The molecule has 0 bridgehead atoms. The van der Waals surface area contributed by atoms with Crippen molar-refractivity contribution in [2.24, 2.45) is 0 Å². The van der Waals surface area contributed by atoms with Gasteiger partial charge in [0.25, 0.3) is 0 Å². The van der Waals surface area contributed by atoms with Crippen LogP contribution in [-0.2, 0) is 32.2 Å². The number of carbonyl (C=O) groups is 2. The SMILES string of the molecule is COC(=O)[C@@H](CO)NCc1cnc(/C(F)=C/c2cccc(-c3cccc(/C=C(\F)c4cc(OC)c(CN[C@H](CO)C(=O)OC)cn4)c3C)c2C)cc1OC. The molecular weight excluding hydrogens is 702 g/mol. The molecule has 0 saturated carbocycles. The first-order chi connectivity index (χ1) is 26.0. The Labute approximate surface area is 312 Å². The summed E-state index contributed by atoms with van der Waals surface area (Å²) in [6.45, 7) is 3.04. The number of aromatic nitrogens is 2. The van der Waals surface area contributed by atoms with Gasteiger partial charge in [0, 0.05) is 48.7 Å². The van der Waals surface area contributed by atoms with Gasteiger partial charge in [-0.1, -0.05) is 36.4 Å². The third-order valence-corrected chi connectivity index (χ3v) is 8.84. The summed E-state index contributed by atoms with van der Waals surface area (Å²) in [4.78, 5) is 32.1. The van der Waals surface area contributed by atoms with E-state index in [1.165, 1.54) is 65.1 Å². The van der Waals surface area contributed by atoms with Gasteiger partial charge in [0.05, 0.1) is 41.7 Å². The number of ether oxygens (including phenoxy) is 4. The summed E-state index contributed by atoms with van der Waals surface area (Å²) < 4.78 is 51.7. The molecule has 0 amide bonds. The number of esters is 2. The Hall–Kier alpha value is -5.54. The zero-order valence-electron chi connectivity index (χ0n) is 30.9. The molecule has 2 heterocycles. The van der Waals surface area contributed by atoms with E-state index < -0.39 is 48.9 Å². The number of methoxy groups -OCH3 is 4. The van der Waals surface area contributed by atoms with Crippen molar-refractivity contribution < 1.29 is 47.5 Å². The Bertz CT molecular complexity index is 1880. The lowest BCUT2D eigenvalue weighted by Crippen LogP contribution is -2.40. The molecule has 2 aromatic carbocycles. The van der Waals surface area contributed by atoms with Crippen molar-refractivity contribution in [2.45, 2.75) is 39.0 Å². The number of rotatable bonds is 17. The number of benzene rings is 2. The molecule has 4 rings (SSSR count). The van der Waals surface area contributed by atoms with E-state index in [9.17, 15) is 19.8 Å². The summed E-state index contributed by atoms with van der Waals surface area (Å²) in [5, 5.41) is 24.7. The minimum absolute atomic E-state index is 0.0379. The van der Waals surface area contributed by atoms with Gasteiger partial charge in [-0.15, -0.1) is 0 Å². The molecule has 0 fully saturated rings. The Kier molecular flexibility index (Phi) is 14.9. The molecule has 14 heteroatoms. The van der Waals surface area contributed by atoms with Crippen LogP contribution in [0.3, 0.4) is 0 Å². The van der Waals surface area contributed by atoms with E-state index in [0.717, 1.165) is 22.3 Å². The van der Waals surface area contributed by atoms with E-state index in [1.54, 1.807) is 12.1 Å². The Morgan fingerprint density at radius 1 is 0.704 bits per heavy atom. The van der Waals surface area contributed by atoms with E-state index in [1.807, 2.05) is 38.1 Å². The van der Waals surface area contributed by atoms with Crippen LogP contribution in [0.1, 0.15) is 44.8 Å². The molecule has 0 spiro atoms. The molecule has 0 radical (unpaired) electrons. The lowest BCUT2D eigenvalue weighted by atomic mass is 9.91. The monoisotopic (exact) mass is 746 g/mol. The van der Waals surface area contributed by atoms with Crippen molar-refractivity contribution in [1.29, 1.82) is 0 Å². The Morgan fingerprint density at radius 2 is 1.09 bits per heavy atom. The maximum absolute atomic E-state index is 15.7. The van der Waals surface area contributed by atoms with Crippen LogP contribution in [0.2, 0.25) is 0 Å². The molecule has 4 aromatic rings. The fourth-order valence-electron chi connectivity index (χ4n) is 5.66. The molecule has 286 valence electrons. The summed E-state index contributed by atoms with van der Waals surface area (Å²) in [6, 6.07) is 12.0. The lowest BCUT2D eigenvalue weighted by Gasteiger charge is -2.16. The zero-order chi connectivity index (χ0) is 39.4. The van der Waals surface area contributed by atoms with Gasteiger partial charge < -0.3 is 29.2 Å². The number of pyridine rings is 2. The average Bonchev–Trinajstić information content (AvgIpc) is 3.19. The molecule has 0 aliphatic rings. The Balaban J connectivity index is 1.58. The van der Waals surface area contributed by atoms with Gasteiger partial charge in [-0.3, -0.25) is 30.2 Å². The second-order valence-electron chi connectivity index (χ2n) is 12.1. The number of hydrogen-bond donors (Lipinski definition) is 4. The second kappa shape index (κ2) is 19.5. The first kappa shape index (κ1) is 41.2. The van der Waals surface area contributed by atoms with Crippen molar-refractivity contribution in [3.63, 3.8) is 0 Å². The van der Waals surface area contributed by atoms with Crippen LogP contribution in [0, 0.1) is 13.8 Å². The minimum atomic E-state index is -0.943. The molecule has 12 nitrogen and oxygen atoms in total. The van der Waals surface area contributed by atoms with Crippen LogP contribution >= 0.6 is 0 Å². The molecule has 0 saturated heterocycles. The van der Waals surface area contributed by atoms with Gasteiger partial charge in [0.15, 0.2) is 0 Å². The van der Waals surface area contributed by atoms with Gasteiger partial charge in [0.1, 0.15) is 46.6 Å². The Morgan fingerprint density at radius 3 is 1.43 bits per heavy atom. The number of aliphatic hydroxyl groups is 2. The molecular formula is C40H44F2N4O8. The number of halogens is 2. The van der Waals surface area contributed by atoms with Gasteiger partial charge in [-0.25, -0.2) is 8.78 Å². The van der Waals surface area contributed by atoms with Crippen LogP contribution in [0.15, 0.2) is 60.9 Å². The van der Waals surface area contributed by atoms with Gasteiger partial charge in [0.2, 0.25) is 0 Å². The highest BCUT2D eigenvalue weighted by molar-refractivity contribution is 5.84. The van der Waals surface area contributed by atoms with Crippen molar-refractivity contribution in [3.8, 4) is 22.6 Å². The van der Waals surface area contributed by atoms with E-state index in [-0.39, 0.29) is 24.5 Å². The summed E-state index contributed by atoms with van der Waals surface area (Å²) in [7, 11) is 5.32. The van der Waals surface area contributed by atoms with E-state index in [4.69, 9.17) is 9.47 Å². The summed E-state index contributed by atoms with van der Waals surface area (Å²) in [6.07, 6.45) is 5.63. The van der Waals surface area contributed by atoms with E-state index in [2.05, 4.69) is 30.1 Å². The highest BCUT2D eigenvalue weighted by Crippen LogP contribution is 2.34. The fourth-order valence-corrected chi connectivity index (χ4v) is 5.66. The minimum Gasteiger partial charge on any atom is -0.496 e. The highest BCUT2D eigenvalue weighted by Gasteiger charge is 2.20. The van der Waals surface area contributed by atoms with Crippen molar-refractivity contribution >= 4 is 35.7 Å². The standard InChI is InChI=1S/C40H44F2N4O8/c1-23-25(13-31(41)33-15-37(51-3)27(17-43-33)19-45-35(21-47)39(49)53-5)9-7-11-29(23)30-12-8-10-26(24(30)2)14-32(42)34-16-38(52-4)28(18-44-34)20-46-36(22-48)40(50)54-6/h7-18,35-36,45-48H,19-22H2,1-6H3/b31-13-,32-14-/t35-,36-/m1/s1. The van der Waals surface area contributed by atoms with E-state index in [0.29, 0.717) is 33.8 Å². The first-order valence-corrected chi connectivity index (χ1v) is 16.8. The van der Waals surface area contributed by atoms with Gasteiger partial charge in [-0.05, 0) is 59.4 Å². The smallest absolute Gasteiger partial charge is 0.325 e. The number of carbonyl (C=O) groups excluding carboxylic acids is 2. The van der Waals surface area contributed by atoms with Crippen LogP contribution in [0.5, 0.6) is 11.5 Å². The normalized spacial score (nSPS) is 12.9. The van der Waals surface area contributed by atoms with Crippen LogP contribution in [-0.4, -0.2) is 85.9 Å². The highest BCUT2D eigenvalue weighted by atomic mass is 19.1. The van der Waals surface area contributed by atoms with E-state index >= 15 is 8.78 Å². The van der Waals surface area contributed by atoms with Crippen molar-refractivity contribution in [2.75, 3.05) is 41.7 Å². The second-order valence-corrected chi connectivity index (χ2v) is 12.1. The van der Waals surface area contributed by atoms with Crippen molar-refractivity contribution in [3.05, 3.63) is 106 Å². The number of aliphatic hydroxyl groups excluding tert-OH is 2. The van der Waals surface area contributed by atoms with Crippen LogP contribution in [0.4, 0.5) is 8.78 Å². The van der Waals surface area contributed by atoms with Crippen LogP contribution < -0.4 is 20.1 Å². The third-order valence-electron chi connectivity index (χ3n) is 8.84. The summed E-state index contributed by atoms with van der Waals surface area (Å²) in [5.74, 6) is -1.78. The summed E-state index contributed by atoms with van der Waals surface area (Å²) >= 11 is 0. The molecule has 2 atom stereocenters. The molecule has 4 N–H and O–H groups in total. The predicted molar refractivity (Wildman–Crippen MR) is 200 cm³/mol. The fraction of sp³-hybridized carbons (Fsp3) is 0.300. The third kappa shape index (κ3) is 9.90. The number of nitrogens with one attached hydrogen (secondary N) is 2. The largest absolute Gasteiger partial charge is 0.496 e. The summed E-state index contributed by atoms with van der Waals surface area (Å²) in [5.41, 5.74) is 5.60. The molecule has 0 unspecified atom stereocenters. The lowest BCUT2D eigenvalue weighted by molar-refractivity contribution is -0.145. The first-order valence-electron chi connectivity index (χ1n) is 16.8. The molecule has 2 aromatic heterocycles. The number of hydrogen-bond acceptors (Lipinski definition) is 12. The molecule has 0 aliphatic carbocycles. The van der Waals surface area contributed by atoms with Gasteiger partial charge in [-0.2, -0.15) is 0 Å². The average molecular weight is 747 g/mol. The maximum Gasteiger partial charge on any atom is 0.325 e. The topological polar surface area (TPSA) is 161 Å². The molecule has 54 heavy (non-hydrogen) atoms. The van der Waals surface area contributed by atoms with Gasteiger partial charge >= 0.3 is 11.9 Å². The zero-order valence-corrected chi connectivity index (χ0v) is 30.9.